The molecule has 2 bridgehead atoms. The highest BCUT2D eigenvalue weighted by Gasteiger charge is 2.35. The quantitative estimate of drug-likeness (QED) is 0.809. The Kier molecular flexibility index (Phi) is 3.80. The Labute approximate surface area is 131 Å². The van der Waals surface area contributed by atoms with Crippen molar-refractivity contribution in [2.75, 3.05) is 19.6 Å². The molecule has 1 atom stereocenters. The molecule has 21 heavy (non-hydrogen) atoms. The predicted molar refractivity (Wildman–Crippen MR) is 88.4 cm³/mol. The summed E-state index contributed by atoms with van der Waals surface area (Å²) in [7, 11) is 0. The van der Waals surface area contributed by atoms with E-state index in [1.54, 1.807) is 0 Å². The van der Waals surface area contributed by atoms with Gasteiger partial charge in [-0.3, -0.25) is 4.79 Å². The lowest BCUT2D eigenvalue weighted by molar-refractivity contribution is 0.0556. The molecule has 0 amide bonds. The average molecular weight is 305 g/mol. The van der Waals surface area contributed by atoms with Crippen molar-refractivity contribution < 1.29 is 0 Å². The molecular formula is C17H21ClN2O. The van der Waals surface area contributed by atoms with Gasteiger partial charge in [0.15, 0.2) is 0 Å². The standard InChI is InChI=1S/C17H20N2O.ClH/c1-12-3-2-4-15-14(12)7-10-19(17(15)20)16-11-18-8-5-13(16)6-9-18;/h2-4,7,10,13,16H,5-6,8-9,11H2,1H3;1H/t16-;/m1./s1. The molecule has 3 aliphatic heterocycles. The van der Waals surface area contributed by atoms with Crippen molar-refractivity contribution >= 4 is 23.2 Å². The number of nitrogens with zero attached hydrogens (tertiary/aromatic N) is 2. The van der Waals surface area contributed by atoms with Crippen LogP contribution >= 0.6 is 12.4 Å². The van der Waals surface area contributed by atoms with Crippen molar-refractivity contribution in [3.63, 3.8) is 0 Å². The Balaban J connectivity index is 0.00000132. The number of halogens is 1. The minimum atomic E-state index is 0. The van der Waals surface area contributed by atoms with E-state index in [1.807, 2.05) is 22.9 Å². The number of hydrogen-bond acceptors (Lipinski definition) is 2. The molecule has 3 saturated heterocycles. The molecule has 112 valence electrons. The van der Waals surface area contributed by atoms with Crippen LogP contribution in [0.3, 0.4) is 0 Å². The van der Waals surface area contributed by atoms with Gasteiger partial charge in [0.2, 0.25) is 0 Å². The van der Waals surface area contributed by atoms with Crippen molar-refractivity contribution in [1.29, 1.82) is 0 Å². The van der Waals surface area contributed by atoms with E-state index < -0.39 is 0 Å². The van der Waals surface area contributed by atoms with Gasteiger partial charge < -0.3 is 9.47 Å². The molecule has 0 N–H and O–H groups in total. The van der Waals surface area contributed by atoms with Crippen molar-refractivity contribution in [3.05, 3.63) is 46.4 Å². The van der Waals surface area contributed by atoms with Gasteiger partial charge in [0.1, 0.15) is 0 Å². The van der Waals surface area contributed by atoms with Crippen LogP contribution in [0.1, 0.15) is 24.4 Å². The fourth-order valence-electron chi connectivity index (χ4n) is 3.96. The van der Waals surface area contributed by atoms with Gasteiger partial charge in [-0.1, -0.05) is 12.1 Å². The topological polar surface area (TPSA) is 25.2 Å². The number of aromatic nitrogens is 1. The molecule has 1 aromatic carbocycles. The van der Waals surface area contributed by atoms with Crippen LogP contribution in [0, 0.1) is 12.8 Å². The highest BCUT2D eigenvalue weighted by atomic mass is 35.5. The van der Waals surface area contributed by atoms with Gasteiger partial charge in [0.25, 0.3) is 5.56 Å². The molecule has 4 heteroatoms. The largest absolute Gasteiger partial charge is 0.310 e. The molecule has 0 saturated carbocycles. The number of pyridine rings is 1. The van der Waals surface area contributed by atoms with Crippen molar-refractivity contribution in [2.45, 2.75) is 25.8 Å². The highest BCUT2D eigenvalue weighted by Crippen LogP contribution is 2.35. The monoisotopic (exact) mass is 304 g/mol. The number of aryl methyl sites for hydroxylation is 1. The second kappa shape index (κ2) is 5.47. The van der Waals surface area contributed by atoms with Crippen LogP contribution in [0.15, 0.2) is 35.3 Å². The molecule has 3 nitrogen and oxygen atoms in total. The molecule has 3 fully saturated rings. The van der Waals surface area contributed by atoms with Crippen molar-refractivity contribution in [3.8, 4) is 0 Å². The number of piperidine rings is 3. The first-order valence-electron chi connectivity index (χ1n) is 7.57. The molecule has 4 heterocycles. The van der Waals surface area contributed by atoms with Gasteiger partial charge >= 0.3 is 0 Å². The fraction of sp³-hybridized carbons (Fsp3) is 0.471. The van der Waals surface area contributed by atoms with Crippen LogP contribution in [-0.4, -0.2) is 29.1 Å². The summed E-state index contributed by atoms with van der Waals surface area (Å²) >= 11 is 0. The van der Waals surface area contributed by atoms with Crippen LogP contribution < -0.4 is 5.56 Å². The zero-order chi connectivity index (χ0) is 13.7. The Morgan fingerprint density at radius 2 is 1.86 bits per heavy atom. The van der Waals surface area contributed by atoms with Gasteiger partial charge in [0, 0.05) is 18.1 Å². The van der Waals surface area contributed by atoms with E-state index >= 15 is 0 Å². The summed E-state index contributed by atoms with van der Waals surface area (Å²) in [6, 6.07) is 8.50. The number of benzene rings is 1. The number of hydrogen-bond donors (Lipinski definition) is 0. The van der Waals surface area contributed by atoms with Crippen LogP contribution in [0.4, 0.5) is 0 Å². The molecule has 3 aliphatic rings. The molecule has 0 unspecified atom stereocenters. The van der Waals surface area contributed by atoms with Gasteiger partial charge in [0.05, 0.1) is 6.04 Å². The maximum Gasteiger partial charge on any atom is 0.258 e. The van der Waals surface area contributed by atoms with E-state index in [0.717, 1.165) is 17.3 Å². The van der Waals surface area contributed by atoms with Crippen molar-refractivity contribution in [1.82, 2.24) is 9.47 Å². The zero-order valence-corrected chi connectivity index (χ0v) is 13.1. The number of rotatable bonds is 1. The zero-order valence-electron chi connectivity index (χ0n) is 12.3. The molecule has 1 aromatic heterocycles. The third-order valence-electron chi connectivity index (χ3n) is 5.17. The van der Waals surface area contributed by atoms with Gasteiger partial charge in [-0.25, -0.2) is 0 Å². The smallest absolute Gasteiger partial charge is 0.258 e. The molecule has 0 radical (unpaired) electrons. The van der Waals surface area contributed by atoms with Gasteiger partial charge in [-0.2, -0.15) is 0 Å². The summed E-state index contributed by atoms with van der Waals surface area (Å²) in [5.74, 6) is 0.681. The first kappa shape index (κ1) is 14.6. The van der Waals surface area contributed by atoms with Crippen LogP contribution in [-0.2, 0) is 0 Å². The van der Waals surface area contributed by atoms with Gasteiger partial charge in [-0.05, 0) is 61.9 Å². The second-order valence-electron chi connectivity index (χ2n) is 6.27. The predicted octanol–water partition coefficient (Wildman–Crippen LogP) is 3.00. The summed E-state index contributed by atoms with van der Waals surface area (Å²) in [5, 5.41) is 1.96. The molecule has 0 spiro atoms. The lowest BCUT2D eigenvalue weighted by Crippen LogP contribution is -2.49. The Morgan fingerprint density at radius 3 is 2.52 bits per heavy atom. The van der Waals surface area contributed by atoms with Crippen LogP contribution in [0.25, 0.3) is 10.8 Å². The SMILES string of the molecule is Cc1cccc2c(=O)n([C@@H]3CN4CCC3CC4)ccc12.Cl. The maximum absolute atomic E-state index is 12.8. The third kappa shape index (κ3) is 2.29. The second-order valence-corrected chi connectivity index (χ2v) is 6.27. The molecular weight excluding hydrogens is 284 g/mol. The van der Waals surface area contributed by atoms with E-state index in [4.69, 9.17) is 0 Å². The maximum atomic E-state index is 12.8. The summed E-state index contributed by atoms with van der Waals surface area (Å²) in [4.78, 5) is 15.3. The number of fused-ring (bicyclic) bond motifs is 4. The normalized spacial score (nSPS) is 27.6. The summed E-state index contributed by atoms with van der Waals surface area (Å²) in [6.45, 7) is 5.54. The Hall–Kier alpha value is -1.32. The first-order valence-corrected chi connectivity index (χ1v) is 7.57. The van der Waals surface area contributed by atoms with E-state index in [9.17, 15) is 4.79 Å². The summed E-state index contributed by atoms with van der Waals surface area (Å²) in [5.41, 5.74) is 1.37. The van der Waals surface area contributed by atoms with E-state index in [0.29, 0.717) is 12.0 Å². The highest BCUT2D eigenvalue weighted by molar-refractivity contribution is 5.85. The first-order chi connectivity index (χ1) is 9.74. The van der Waals surface area contributed by atoms with Crippen molar-refractivity contribution in [2.24, 2.45) is 5.92 Å². The summed E-state index contributed by atoms with van der Waals surface area (Å²) in [6.07, 6.45) is 4.50. The van der Waals surface area contributed by atoms with E-state index in [1.165, 1.54) is 31.5 Å². The van der Waals surface area contributed by atoms with E-state index in [-0.39, 0.29) is 18.0 Å². The minimum Gasteiger partial charge on any atom is -0.310 e. The average Bonchev–Trinajstić information content (AvgIpc) is 2.50. The minimum absolute atomic E-state index is 0. The lowest BCUT2D eigenvalue weighted by atomic mass is 9.83. The van der Waals surface area contributed by atoms with Crippen LogP contribution in [0.5, 0.6) is 0 Å². The third-order valence-corrected chi connectivity index (χ3v) is 5.17. The van der Waals surface area contributed by atoms with Crippen LogP contribution in [0.2, 0.25) is 0 Å². The lowest BCUT2D eigenvalue weighted by Gasteiger charge is -2.45. The Bertz CT molecular complexity index is 716. The summed E-state index contributed by atoms with van der Waals surface area (Å²) < 4.78 is 2.00. The fourth-order valence-corrected chi connectivity index (χ4v) is 3.96. The molecule has 0 aliphatic carbocycles. The molecule has 5 rings (SSSR count). The van der Waals surface area contributed by atoms with Gasteiger partial charge in [-0.15, -0.1) is 12.4 Å². The van der Waals surface area contributed by atoms with E-state index in [2.05, 4.69) is 24.0 Å². The Morgan fingerprint density at radius 1 is 1.10 bits per heavy atom. The molecule has 2 aromatic rings.